The summed E-state index contributed by atoms with van der Waals surface area (Å²) in [6, 6.07) is 20.8. The third-order valence-electron chi connectivity index (χ3n) is 5.51. The fourth-order valence-electron chi connectivity index (χ4n) is 3.73. The van der Waals surface area contributed by atoms with Crippen molar-refractivity contribution >= 4 is 49.7 Å². The average molecular weight is 582 g/mol. The van der Waals surface area contributed by atoms with E-state index in [1.54, 1.807) is 12.3 Å². The third kappa shape index (κ3) is 5.85. The molecule has 4 rings (SSSR count). The minimum absolute atomic E-state index is 0.265. The summed E-state index contributed by atoms with van der Waals surface area (Å²) in [4.78, 5) is 14.8. The predicted molar refractivity (Wildman–Crippen MR) is 140 cm³/mol. The zero-order valence-corrected chi connectivity index (χ0v) is 21.5. The van der Waals surface area contributed by atoms with Gasteiger partial charge < -0.3 is 9.64 Å². The molecule has 0 radical (unpaired) electrons. The molecule has 6 nitrogen and oxygen atoms in total. The molecular weight excluding hydrogens is 560 g/mol. The van der Waals surface area contributed by atoms with E-state index in [1.807, 2.05) is 54.6 Å². The second-order valence-electron chi connectivity index (χ2n) is 7.81. The fourth-order valence-corrected chi connectivity index (χ4v) is 5.18. The van der Waals surface area contributed by atoms with Crippen LogP contribution in [0.15, 0.2) is 74.7 Å². The first-order chi connectivity index (χ1) is 16.5. The van der Waals surface area contributed by atoms with Gasteiger partial charge in [-0.3, -0.25) is 4.79 Å². The highest BCUT2D eigenvalue weighted by Crippen LogP contribution is 2.35. The molecule has 1 saturated heterocycles. The lowest BCUT2D eigenvalue weighted by atomic mass is 10.1. The van der Waals surface area contributed by atoms with Crippen LogP contribution in [0.3, 0.4) is 0 Å². The van der Waals surface area contributed by atoms with Gasteiger partial charge >= 0.3 is 0 Å². The van der Waals surface area contributed by atoms with Gasteiger partial charge in [0.1, 0.15) is 12.4 Å². The topological polar surface area (TPSA) is 77.7 Å². The van der Waals surface area contributed by atoms with Gasteiger partial charge in [0.05, 0.1) is 26.8 Å². The number of nitrogens with one attached hydrogen (secondary N) is 1. The molecule has 1 fully saturated rings. The number of nitrogens with zero attached hydrogens (tertiary/aromatic N) is 3. The van der Waals surface area contributed by atoms with E-state index in [4.69, 9.17) is 4.74 Å². The van der Waals surface area contributed by atoms with Crippen LogP contribution in [0.2, 0.25) is 0 Å². The minimum atomic E-state index is -0.265. The molecule has 34 heavy (non-hydrogen) atoms. The fraction of sp³-hybridized carbons (Fsp3) is 0.192. The molecule has 3 aromatic carbocycles. The second-order valence-corrected chi connectivity index (χ2v) is 9.52. The van der Waals surface area contributed by atoms with E-state index >= 15 is 0 Å². The summed E-state index contributed by atoms with van der Waals surface area (Å²) in [6.45, 7) is 2.40. The van der Waals surface area contributed by atoms with Crippen molar-refractivity contribution in [2.45, 2.75) is 19.4 Å². The smallest absolute Gasteiger partial charge is 0.271 e. The molecule has 1 N–H and O–H groups in total. The largest absolute Gasteiger partial charge is 0.486 e. The van der Waals surface area contributed by atoms with E-state index in [0.29, 0.717) is 16.9 Å². The zero-order chi connectivity index (χ0) is 23.9. The Kier molecular flexibility index (Phi) is 7.99. The summed E-state index contributed by atoms with van der Waals surface area (Å²) in [7, 11) is 0. The number of anilines is 1. The molecule has 8 heteroatoms. The van der Waals surface area contributed by atoms with Gasteiger partial charge in [-0.05, 0) is 92.7 Å². The summed E-state index contributed by atoms with van der Waals surface area (Å²) in [5.74, 6) is 0.352. The molecule has 0 saturated carbocycles. The Labute approximate surface area is 215 Å². The Balaban J connectivity index is 1.36. The zero-order valence-electron chi connectivity index (χ0n) is 18.3. The number of amides is 1. The molecule has 0 bridgehead atoms. The van der Waals surface area contributed by atoms with Crippen LogP contribution in [0, 0.1) is 11.3 Å². The quantitative estimate of drug-likeness (QED) is 0.273. The molecule has 172 valence electrons. The Morgan fingerprint density at radius 1 is 1.09 bits per heavy atom. The van der Waals surface area contributed by atoms with Gasteiger partial charge in [-0.15, -0.1) is 0 Å². The molecule has 3 aromatic rings. The number of ether oxygens (including phenoxy) is 1. The van der Waals surface area contributed by atoms with Gasteiger partial charge in [0.25, 0.3) is 5.91 Å². The van der Waals surface area contributed by atoms with E-state index in [9.17, 15) is 10.1 Å². The van der Waals surface area contributed by atoms with Gasteiger partial charge in [-0.2, -0.15) is 10.4 Å². The molecule has 1 aliphatic rings. The first kappa shape index (κ1) is 24.0. The third-order valence-corrected chi connectivity index (χ3v) is 6.69. The first-order valence-corrected chi connectivity index (χ1v) is 12.4. The number of halogens is 2. The van der Waals surface area contributed by atoms with Crippen LogP contribution in [0.5, 0.6) is 5.75 Å². The van der Waals surface area contributed by atoms with Crippen molar-refractivity contribution < 1.29 is 9.53 Å². The molecular formula is C26H22Br2N4O2. The Hall–Kier alpha value is -3.15. The number of carbonyl (C=O) groups is 1. The van der Waals surface area contributed by atoms with E-state index < -0.39 is 0 Å². The van der Waals surface area contributed by atoms with Crippen molar-refractivity contribution in [1.29, 1.82) is 5.26 Å². The van der Waals surface area contributed by atoms with E-state index in [1.165, 1.54) is 12.8 Å². The van der Waals surface area contributed by atoms with Gasteiger partial charge in [-0.25, -0.2) is 5.43 Å². The SMILES string of the molecule is N#Cc1ccccc1COc1c(Br)cc(/C=N\NC(=O)c2ccc(N3CCCC3)cc2)cc1Br. The van der Waals surface area contributed by atoms with E-state index in [0.717, 1.165) is 38.8 Å². The number of carbonyl (C=O) groups excluding carboxylic acids is 1. The Bertz CT molecular complexity index is 1220. The maximum atomic E-state index is 12.4. The van der Waals surface area contributed by atoms with Crippen molar-refractivity contribution in [2.75, 3.05) is 18.0 Å². The minimum Gasteiger partial charge on any atom is -0.486 e. The van der Waals surface area contributed by atoms with Gasteiger partial charge in [0.15, 0.2) is 0 Å². The van der Waals surface area contributed by atoms with Gasteiger partial charge in [0, 0.05) is 29.9 Å². The predicted octanol–water partition coefficient (Wildman–Crippen LogP) is 6.03. The van der Waals surface area contributed by atoms with Gasteiger partial charge in [-0.1, -0.05) is 18.2 Å². The Morgan fingerprint density at radius 2 is 1.76 bits per heavy atom. The maximum absolute atomic E-state index is 12.4. The number of nitriles is 1. The van der Waals surface area contributed by atoms with Crippen LogP contribution in [-0.2, 0) is 6.61 Å². The highest BCUT2D eigenvalue weighted by atomic mass is 79.9. The van der Waals surface area contributed by atoms with Crippen LogP contribution in [0.4, 0.5) is 5.69 Å². The number of benzene rings is 3. The molecule has 0 spiro atoms. The lowest BCUT2D eigenvalue weighted by Gasteiger charge is -2.17. The molecule has 1 aliphatic heterocycles. The summed E-state index contributed by atoms with van der Waals surface area (Å²) in [5.41, 5.74) is 6.44. The molecule has 1 heterocycles. The van der Waals surface area contributed by atoms with Crippen molar-refractivity contribution in [2.24, 2.45) is 5.10 Å². The number of hydrogen-bond acceptors (Lipinski definition) is 5. The number of rotatable bonds is 7. The lowest BCUT2D eigenvalue weighted by molar-refractivity contribution is 0.0955. The van der Waals surface area contributed by atoms with E-state index in [2.05, 4.69) is 53.4 Å². The summed E-state index contributed by atoms with van der Waals surface area (Å²) >= 11 is 7.05. The maximum Gasteiger partial charge on any atom is 0.271 e. The van der Waals surface area contributed by atoms with Crippen LogP contribution in [-0.4, -0.2) is 25.2 Å². The van der Waals surface area contributed by atoms with Crippen molar-refractivity contribution in [3.8, 4) is 11.8 Å². The normalized spacial score (nSPS) is 13.1. The van der Waals surface area contributed by atoms with Crippen LogP contribution < -0.4 is 15.1 Å². The second kappa shape index (κ2) is 11.3. The highest BCUT2D eigenvalue weighted by Gasteiger charge is 2.13. The van der Waals surface area contributed by atoms with Crippen molar-refractivity contribution in [1.82, 2.24) is 5.43 Å². The average Bonchev–Trinajstić information content (AvgIpc) is 3.39. The molecule has 0 aromatic heterocycles. The molecule has 0 unspecified atom stereocenters. The number of hydrogen-bond donors (Lipinski definition) is 1. The molecule has 0 aliphatic carbocycles. The Morgan fingerprint density at radius 3 is 2.44 bits per heavy atom. The number of hydrazone groups is 1. The van der Waals surface area contributed by atoms with Gasteiger partial charge in [0.2, 0.25) is 0 Å². The first-order valence-electron chi connectivity index (χ1n) is 10.8. The summed E-state index contributed by atoms with van der Waals surface area (Å²) in [5, 5.41) is 13.3. The molecule has 0 atom stereocenters. The highest BCUT2D eigenvalue weighted by molar-refractivity contribution is 9.11. The van der Waals surface area contributed by atoms with Crippen LogP contribution >= 0.6 is 31.9 Å². The van der Waals surface area contributed by atoms with Crippen LogP contribution in [0.1, 0.15) is 39.9 Å². The van der Waals surface area contributed by atoms with Crippen molar-refractivity contribution in [3.05, 3.63) is 91.9 Å². The van der Waals surface area contributed by atoms with E-state index in [-0.39, 0.29) is 12.5 Å². The van der Waals surface area contributed by atoms with Crippen molar-refractivity contribution in [3.63, 3.8) is 0 Å². The molecule has 1 amide bonds. The van der Waals surface area contributed by atoms with Crippen LogP contribution in [0.25, 0.3) is 0 Å². The standard InChI is InChI=1S/C26H22Br2N4O2/c27-23-13-18(14-24(28)25(23)34-17-21-6-2-1-5-20(21)15-29)16-30-31-26(33)19-7-9-22(10-8-19)32-11-3-4-12-32/h1-2,5-10,13-14,16H,3-4,11-12,17H2,(H,31,33)/b30-16-. The monoisotopic (exact) mass is 580 g/mol. The lowest BCUT2D eigenvalue weighted by Crippen LogP contribution is -2.19. The summed E-state index contributed by atoms with van der Waals surface area (Å²) < 4.78 is 7.38. The summed E-state index contributed by atoms with van der Waals surface area (Å²) in [6.07, 6.45) is 4.00.